The first-order chi connectivity index (χ1) is 9.10. The molecule has 0 spiro atoms. The Labute approximate surface area is 112 Å². The summed E-state index contributed by atoms with van der Waals surface area (Å²) in [6.45, 7) is 4.46. The van der Waals surface area contributed by atoms with Crippen LogP contribution >= 0.6 is 0 Å². The maximum absolute atomic E-state index is 5.82. The first kappa shape index (κ1) is 13.5. The standard InChI is InChI=1S/C13H19N5O/c1-9-5-6-11(10(2)14-3)12(7-9)19-8-13-15-17-18(4)16-13/h5-7,10,14H,8H2,1-4H3. The second kappa shape index (κ2) is 5.79. The van der Waals surface area contributed by atoms with Crippen LogP contribution in [0.1, 0.15) is 29.9 Å². The molecule has 1 atom stereocenters. The summed E-state index contributed by atoms with van der Waals surface area (Å²) in [5.74, 6) is 1.43. The number of benzene rings is 1. The molecule has 0 saturated heterocycles. The van der Waals surface area contributed by atoms with Gasteiger partial charge in [0.05, 0.1) is 7.05 Å². The summed E-state index contributed by atoms with van der Waals surface area (Å²) in [4.78, 5) is 1.42. The van der Waals surface area contributed by atoms with E-state index in [0.717, 1.165) is 16.9 Å². The van der Waals surface area contributed by atoms with Crippen molar-refractivity contribution in [1.82, 2.24) is 25.5 Å². The molecule has 1 aromatic carbocycles. The molecule has 6 heteroatoms. The summed E-state index contributed by atoms with van der Waals surface area (Å²) < 4.78 is 5.82. The quantitative estimate of drug-likeness (QED) is 0.880. The predicted molar refractivity (Wildman–Crippen MR) is 71.8 cm³/mol. The lowest BCUT2D eigenvalue weighted by Gasteiger charge is -2.16. The van der Waals surface area contributed by atoms with Crippen molar-refractivity contribution in [3.8, 4) is 5.75 Å². The average molecular weight is 261 g/mol. The monoisotopic (exact) mass is 261 g/mol. The minimum absolute atomic E-state index is 0.227. The number of nitrogens with one attached hydrogen (secondary N) is 1. The van der Waals surface area contributed by atoms with E-state index in [1.54, 1.807) is 7.05 Å². The highest BCUT2D eigenvalue weighted by molar-refractivity contribution is 5.39. The van der Waals surface area contributed by atoms with Gasteiger partial charge < -0.3 is 10.1 Å². The molecule has 0 aliphatic carbocycles. The van der Waals surface area contributed by atoms with Crippen LogP contribution in [-0.2, 0) is 13.7 Å². The lowest BCUT2D eigenvalue weighted by atomic mass is 10.1. The number of ether oxygens (including phenoxy) is 1. The van der Waals surface area contributed by atoms with Gasteiger partial charge in [0, 0.05) is 11.6 Å². The van der Waals surface area contributed by atoms with E-state index in [9.17, 15) is 0 Å². The van der Waals surface area contributed by atoms with Crippen molar-refractivity contribution in [2.75, 3.05) is 7.05 Å². The minimum atomic E-state index is 0.227. The Bertz CT molecular complexity index is 552. The molecule has 1 heterocycles. The minimum Gasteiger partial charge on any atom is -0.485 e. The summed E-state index contributed by atoms with van der Waals surface area (Å²) in [6, 6.07) is 6.41. The smallest absolute Gasteiger partial charge is 0.212 e. The molecule has 0 bridgehead atoms. The van der Waals surface area contributed by atoms with E-state index in [0.29, 0.717) is 12.4 Å². The van der Waals surface area contributed by atoms with Crippen LogP contribution in [0.25, 0.3) is 0 Å². The molecule has 1 aromatic heterocycles. The van der Waals surface area contributed by atoms with Crippen molar-refractivity contribution >= 4 is 0 Å². The van der Waals surface area contributed by atoms with Crippen molar-refractivity contribution in [1.29, 1.82) is 0 Å². The van der Waals surface area contributed by atoms with Crippen molar-refractivity contribution in [2.45, 2.75) is 26.5 Å². The van der Waals surface area contributed by atoms with Crippen molar-refractivity contribution in [3.05, 3.63) is 35.2 Å². The number of rotatable bonds is 5. The zero-order chi connectivity index (χ0) is 13.8. The van der Waals surface area contributed by atoms with Gasteiger partial charge in [-0.15, -0.1) is 10.2 Å². The van der Waals surface area contributed by atoms with Crippen LogP contribution in [0.5, 0.6) is 5.75 Å². The highest BCUT2D eigenvalue weighted by Crippen LogP contribution is 2.26. The number of tetrazole rings is 1. The second-order valence-corrected chi connectivity index (χ2v) is 4.54. The van der Waals surface area contributed by atoms with Gasteiger partial charge in [-0.2, -0.15) is 4.80 Å². The normalized spacial score (nSPS) is 12.4. The van der Waals surface area contributed by atoms with Crippen LogP contribution in [0, 0.1) is 6.92 Å². The third kappa shape index (κ3) is 3.29. The fourth-order valence-electron chi connectivity index (χ4n) is 1.80. The molecule has 2 aromatic rings. The number of aryl methyl sites for hydroxylation is 2. The molecule has 0 aliphatic rings. The molecule has 0 aliphatic heterocycles. The molecule has 0 saturated carbocycles. The Morgan fingerprint density at radius 1 is 1.42 bits per heavy atom. The Kier molecular flexibility index (Phi) is 4.11. The molecular weight excluding hydrogens is 242 g/mol. The molecule has 6 nitrogen and oxygen atoms in total. The van der Waals surface area contributed by atoms with Crippen molar-refractivity contribution in [2.24, 2.45) is 7.05 Å². The number of hydrogen-bond donors (Lipinski definition) is 1. The highest BCUT2D eigenvalue weighted by atomic mass is 16.5. The zero-order valence-corrected chi connectivity index (χ0v) is 11.7. The van der Waals surface area contributed by atoms with Gasteiger partial charge in [-0.25, -0.2) is 0 Å². The fraction of sp³-hybridized carbons (Fsp3) is 0.462. The summed E-state index contributed by atoms with van der Waals surface area (Å²) in [5.41, 5.74) is 2.28. The van der Waals surface area contributed by atoms with E-state index < -0.39 is 0 Å². The molecule has 102 valence electrons. The fourth-order valence-corrected chi connectivity index (χ4v) is 1.80. The Morgan fingerprint density at radius 3 is 2.84 bits per heavy atom. The Hall–Kier alpha value is -1.95. The second-order valence-electron chi connectivity index (χ2n) is 4.54. The highest BCUT2D eigenvalue weighted by Gasteiger charge is 2.11. The maximum atomic E-state index is 5.82. The first-order valence-corrected chi connectivity index (χ1v) is 6.23. The summed E-state index contributed by atoms with van der Waals surface area (Å²) in [7, 11) is 3.66. The van der Waals surface area contributed by atoms with Gasteiger partial charge in [0.15, 0.2) is 6.61 Å². The summed E-state index contributed by atoms with van der Waals surface area (Å²) >= 11 is 0. The molecule has 1 unspecified atom stereocenters. The van der Waals surface area contributed by atoms with E-state index in [4.69, 9.17) is 4.74 Å². The van der Waals surface area contributed by atoms with Gasteiger partial charge in [0.25, 0.3) is 0 Å². The Morgan fingerprint density at radius 2 is 2.21 bits per heavy atom. The van der Waals surface area contributed by atoms with Gasteiger partial charge in [-0.1, -0.05) is 12.1 Å². The van der Waals surface area contributed by atoms with Crippen LogP contribution in [0.3, 0.4) is 0 Å². The molecule has 0 fully saturated rings. The van der Waals surface area contributed by atoms with E-state index in [1.807, 2.05) is 20.0 Å². The van der Waals surface area contributed by atoms with Crippen LogP contribution in [-0.4, -0.2) is 27.3 Å². The number of aromatic nitrogens is 4. The molecule has 0 amide bonds. The van der Waals surface area contributed by atoms with Gasteiger partial charge in [-0.3, -0.25) is 0 Å². The van der Waals surface area contributed by atoms with E-state index in [2.05, 4.69) is 39.8 Å². The van der Waals surface area contributed by atoms with Crippen molar-refractivity contribution in [3.63, 3.8) is 0 Å². The molecule has 19 heavy (non-hydrogen) atoms. The van der Waals surface area contributed by atoms with Gasteiger partial charge in [0.2, 0.25) is 5.82 Å². The molecule has 2 rings (SSSR count). The molecule has 1 N–H and O–H groups in total. The van der Waals surface area contributed by atoms with E-state index >= 15 is 0 Å². The third-order valence-electron chi connectivity index (χ3n) is 2.98. The van der Waals surface area contributed by atoms with Gasteiger partial charge in [-0.05, 0) is 37.7 Å². The van der Waals surface area contributed by atoms with Crippen LogP contribution in [0.15, 0.2) is 18.2 Å². The molecule has 0 radical (unpaired) electrons. The zero-order valence-electron chi connectivity index (χ0n) is 11.7. The average Bonchev–Trinajstić information content (AvgIpc) is 2.81. The maximum Gasteiger partial charge on any atom is 0.212 e. The summed E-state index contributed by atoms with van der Waals surface area (Å²) in [6.07, 6.45) is 0. The van der Waals surface area contributed by atoms with Crippen LogP contribution in [0.2, 0.25) is 0 Å². The lowest BCUT2D eigenvalue weighted by molar-refractivity contribution is 0.289. The van der Waals surface area contributed by atoms with Gasteiger partial charge in [0.1, 0.15) is 5.75 Å². The lowest BCUT2D eigenvalue weighted by Crippen LogP contribution is -2.14. The largest absolute Gasteiger partial charge is 0.485 e. The van der Waals surface area contributed by atoms with E-state index in [1.165, 1.54) is 4.80 Å². The first-order valence-electron chi connectivity index (χ1n) is 6.23. The van der Waals surface area contributed by atoms with Gasteiger partial charge >= 0.3 is 0 Å². The molecular formula is C13H19N5O. The van der Waals surface area contributed by atoms with Crippen LogP contribution in [0.4, 0.5) is 0 Å². The van der Waals surface area contributed by atoms with Crippen LogP contribution < -0.4 is 10.1 Å². The number of nitrogens with zero attached hydrogens (tertiary/aromatic N) is 4. The SMILES string of the molecule is CNC(C)c1ccc(C)cc1OCc1nnn(C)n1. The van der Waals surface area contributed by atoms with Crippen molar-refractivity contribution < 1.29 is 4.74 Å². The topological polar surface area (TPSA) is 64.9 Å². The predicted octanol–water partition coefficient (Wildman–Crippen LogP) is 1.38. The van der Waals surface area contributed by atoms with E-state index in [-0.39, 0.29) is 6.04 Å². The third-order valence-corrected chi connectivity index (χ3v) is 2.98. The summed E-state index contributed by atoms with van der Waals surface area (Å²) in [5, 5.41) is 15.0. The number of hydrogen-bond acceptors (Lipinski definition) is 5. The Balaban J connectivity index is 2.16.